The molecule has 19 heavy (non-hydrogen) atoms. The van der Waals surface area contributed by atoms with Crippen LogP contribution in [0.25, 0.3) is 11.1 Å². The molecule has 0 unspecified atom stereocenters. The molecule has 0 saturated carbocycles. The van der Waals surface area contributed by atoms with Gasteiger partial charge in [0, 0.05) is 25.0 Å². The van der Waals surface area contributed by atoms with Gasteiger partial charge in [-0.2, -0.15) is 0 Å². The summed E-state index contributed by atoms with van der Waals surface area (Å²) in [5, 5.41) is 0. The van der Waals surface area contributed by atoms with Gasteiger partial charge in [0.05, 0.1) is 12.7 Å². The third-order valence-corrected chi connectivity index (χ3v) is 2.91. The molecule has 0 spiro atoms. The minimum atomic E-state index is -0.251. The lowest BCUT2D eigenvalue weighted by Gasteiger charge is -2.08. The van der Waals surface area contributed by atoms with Crippen LogP contribution in [0.1, 0.15) is 17.3 Å². The smallest absolute Gasteiger partial charge is 0.200 e. The molecule has 2 aromatic rings. The average molecular weight is 257 g/mol. The summed E-state index contributed by atoms with van der Waals surface area (Å²) in [6.07, 6.45) is 3.26. The van der Waals surface area contributed by atoms with Gasteiger partial charge in [-0.25, -0.2) is 0 Å². The fourth-order valence-corrected chi connectivity index (χ4v) is 1.95. The number of hydrogen-bond donors (Lipinski definition) is 0. The van der Waals surface area contributed by atoms with Gasteiger partial charge in [0.2, 0.25) is 0 Å². The van der Waals surface area contributed by atoms with Gasteiger partial charge in [-0.3, -0.25) is 9.59 Å². The average Bonchev–Trinajstić information content (AvgIpc) is 2.40. The number of Topliss-reactive ketones (excluding diaryl/α,β-unsaturated/α-hetero) is 1. The fraction of sp³-hybridized carbons (Fsp3) is 0.200. The lowest BCUT2D eigenvalue weighted by Crippen LogP contribution is -2.17. The highest BCUT2D eigenvalue weighted by Crippen LogP contribution is 2.21. The lowest BCUT2D eigenvalue weighted by molar-refractivity contribution is 0.101. The Labute approximate surface area is 111 Å². The van der Waals surface area contributed by atoms with E-state index in [4.69, 9.17) is 4.74 Å². The minimum Gasteiger partial charge on any atom is -0.497 e. The lowest BCUT2D eigenvalue weighted by atomic mass is 10.0. The summed E-state index contributed by atoms with van der Waals surface area (Å²) in [6.45, 7) is 1.39. The monoisotopic (exact) mass is 257 g/mol. The molecule has 0 atom stereocenters. The molecule has 0 saturated heterocycles. The first kappa shape index (κ1) is 13.1. The van der Waals surface area contributed by atoms with Gasteiger partial charge >= 0.3 is 0 Å². The molecule has 0 aliphatic heterocycles. The number of carbonyl (C=O) groups is 1. The molecule has 2 rings (SSSR count). The summed E-state index contributed by atoms with van der Waals surface area (Å²) in [5.74, 6) is 0.443. The fourth-order valence-electron chi connectivity index (χ4n) is 1.95. The Kier molecular flexibility index (Phi) is 3.51. The largest absolute Gasteiger partial charge is 0.497 e. The van der Waals surface area contributed by atoms with Crippen LogP contribution < -0.4 is 10.2 Å². The number of benzene rings is 1. The van der Waals surface area contributed by atoms with Crippen LogP contribution in [0.4, 0.5) is 0 Å². The van der Waals surface area contributed by atoms with E-state index < -0.39 is 0 Å². The normalized spacial score (nSPS) is 10.3. The SMILES string of the molecule is COc1cccc(-c2cn(C)cc(C(C)=O)c2=O)c1. The number of ketones is 1. The van der Waals surface area contributed by atoms with Crippen molar-refractivity contribution in [2.24, 2.45) is 7.05 Å². The van der Waals surface area contributed by atoms with E-state index in [1.54, 1.807) is 37.2 Å². The number of rotatable bonds is 3. The maximum atomic E-state index is 12.3. The zero-order valence-corrected chi connectivity index (χ0v) is 11.1. The second kappa shape index (κ2) is 5.10. The van der Waals surface area contributed by atoms with Crippen molar-refractivity contribution in [1.29, 1.82) is 0 Å². The predicted octanol–water partition coefficient (Wildman–Crippen LogP) is 2.26. The standard InChI is InChI=1S/C15H15NO3/c1-10(17)13-8-16(2)9-14(15(13)18)11-5-4-6-12(7-11)19-3/h4-9H,1-3H3. The van der Waals surface area contributed by atoms with Gasteiger partial charge in [0.25, 0.3) is 0 Å². The molecule has 0 radical (unpaired) electrons. The van der Waals surface area contributed by atoms with Gasteiger partial charge in [-0.15, -0.1) is 0 Å². The number of pyridine rings is 1. The highest BCUT2D eigenvalue weighted by atomic mass is 16.5. The van der Waals surface area contributed by atoms with Crippen LogP contribution in [-0.4, -0.2) is 17.5 Å². The number of ether oxygens (including phenoxy) is 1. The van der Waals surface area contributed by atoms with E-state index in [0.29, 0.717) is 11.3 Å². The third-order valence-electron chi connectivity index (χ3n) is 2.91. The molecule has 0 aliphatic rings. The number of aromatic nitrogens is 1. The predicted molar refractivity (Wildman–Crippen MR) is 73.7 cm³/mol. The summed E-state index contributed by atoms with van der Waals surface area (Å²) < 4.78 is 6.86. The van der Waals surface area contributed by atoms with Crippen LogP contribution in [0.15, 0.2) is 41.5 Å². The molecular weight excluding hydrogens is 242 g/mol. The number of methoxy groups -OCH3 is 1. The molecular formula is C15H15NO3. The van der Waals surface area contributed by atoms with E-state index in [1.807, 2.05) is 18.2 Å². The van der Waals surface area contributed by atoms with Crippen molar-refractivity contribution in [3.63, 3.8) is 0 Å². The van der Waals surface area contributed by atoms with Crippen LogP contribution >= 0.6 is 0 Å². The van der Waals surface area contributed by atoms with Gasteiger partial charge in [-0.1, -0.05) is 12.1 Å². The molecule has 0 aliphatic carbocycles. The summed E-state index contributed by atoms with van der Waals surface area (Å²) in [6, 6.07) is 7.22. The first-order valence-electron chi connectivity index (χ1n) is 5.88. The number of aryl methyl sites for hydroxylation is 1. The van der Waals surface area contributed by atoms with Crippen molar-refractivity contribution in [1.82, 2.24) is 4.57 Å². The van der Waals surface area contributed by atoms with Crippen LogP contribution in [0.5, 0.6) is 5.75 Å². The van der Waals surface area contributed by atoms with Crippen molar-refractivity contribution < 1.29 is 9.53 Å². The Morgan fingerprint density at radius 2 is 2.00 bits per heavy atom. The van der Waals surface area contributed by atoms with E-state index in [0.717, 1.165) is 5.56 Å². The topological polar surface area (TPSA) is 48.3 Å². The molecule has 0 N–H and O–H groups in total. The Morgan fingerprint density at radius 3 is 2.63 bits per heavy atom. The summed E-state index contributed by atoms with van der Waals surface area (Å²) in [7, 11) is 3.36. The van der Waals surface area contributed by atoms with Crippen LogP contribution in [0, 0.1) is 0 Å². The number of nitrogens with zero attached hydrogens (tertiary/aromatic N) is 1. The molecule has 0 fully saturated rings. The van der Waals surface area contributed by atoms with E-state index in [9.17, 15) is 9.59 Å². The Morgan fingerprint density at radius 1 is 1.26 bits per heavy atom. The maximum absolute atomic E-state index is 12.3. The Balaban J connectivity index is 2.68. The molecule has 1 aromatic heterocycles. The Hall–Kier alpha value is -2.36. The second-order valence-electron chi connectivity index (χ2n) is 4.37. The zero-order valence-electron chi connectivity index (χ0n) is 11.1. The maximum Gasteiger partial charge on any atom is 0.200 e. The Bertz CT molecular complexity index is 686. The molecule has 0 amide bonds. The highest BCUT2D eigenvalue weighted by molar-refractivity contribution is 5.94. The number of hydrogen-bond acceptors (Lipinski definition) is 3. The quantitative estimate of drug-likeness (QED) is 0.792. The van der Waals surface area contributed by atoms with Crippen LogP contribution in [-0.2, 0) is 7.05 Å². The summed E-state index contributed by atoms with van der Waals surface area (Å²) in [5.41, 5.74) is 1.18. The van der Waals surface area contributed by atoms with Crippen LogP contribution in [0.2, 0.25) is 0 Å². The van der Waals surface area contributed by atoms with Crippen molar-refractivity contribution in [3.8, 4) is 16.9 Å². The van der Waals surface area contributed by atoms with E-state index in [1.165, 1.54) is 6.92 Å². The van der Waals surface area contributed by atoms with Gasteiger partial charge in [-0.05, 0) is 24.6 Å². The molecule has 4 nitrogen and oxygen atoms in total. The third kappa shape index (κ3) is 2.57. The van der Waals surface area contributed by atoms with E-state index in [-0.39, 0.29) is 16.8 Å². The van der Waals surface area contributed by atoms with E-state index in [2.05, 4.69) is 0 Å². The van der Waals surface area contributed by atoms with Crippen molar-refractivity contribution >= 4 is 5.78 Å². The molecule has 98 valence electrons. The molecule has 0 bridgehead atoms. The molecule has 4 heteroatoms. The van der Waals surface area contributed by atoms with Gasteiger partial charge in [0.15, 0.2) is 11.2 Å². The summed E-state index contributed by atoms with van der Waals surface area (Å²) in [4.78, 5) is 23.8. The number of carbonyl (C=O) groups excluding carboxylic acids is 1. The van der Waals surface area contributed by atoms with Crippen molar-refractivity contribution in [3.05, 3.63) is 52.4 Å². The molecule has 1 heterocycles. The second-order valence-corrected chi connectivity index (χ2v) is 4.37. The van der Waals surface area contributed by atoms with E-state index >= 15 is 0 Å². The van der Waals surface area contributed by atoms with Crippen LogP contribution in [0.3, 0.4) is 0 Å². The van der Waals surface area contributed by atoms with Gasteiger partial charge < -0.3 is 9.30 Å². The highest BCUT2D eigenvalue weighted by Gasteiger charge is 2.12. The first-order valence-corrected chi connectivity index (χ1v) is 5.88. The van der Waals surface area contributed by atoms with Crippen molar-refractivity contribution in [2.45, 2.75) is 6.92 Å². The molecule has 1 aromatic carbocycles. The minimum absolute atomic E-state index is 0.197. The zero-order chi connectivity index (χ0) is 14.0. The first-order chi connectivity index (χ1) is 9.02. The summed E-state index contributed by atoms with van der Waals surface area (Å²) >= 11 is 0. The van der Waals surface area contributed by atoms with Crippen molar-refractivity contribution in [2.75, 3.05) is 7.11 Å². The van der Waals surface area contributed by atoms with Gasteiger partial charge in [0.1, 0.15) is 5.75 Å².